The fraction of sp³-hybridized carbons (Fsp3) is 0.190. The predicted octanol–water partition coefficient (Wildman–Crippen LogP) is 4.82. The maximum absolute atomic E-state index is 15.2. The zero-order valence-corrected chi connectivity index (χ0v) is 18.0. The lowest BCUT2D eigenvalue weighted by molar-refractivity contribution is 0.393. The molecule has 1 unspecified atom stereocenters. The number of aliphatic imine (C=N–C) groups is 1. The minimum absolute atomic E-state index is 0.0946. The van der Waals surface area contributed by atoms with Crippen LogP contribution in [0.4, 0.5) is 4.39 Å². The Hall–Kier alpha value is -3.12. The minimum Gasteiger partial charge on any atom is -0.453 e. The lowest BCUT2D eigenvalue weighted by atomic mass is 10.1. The van der Waals surface area contributed by atoms with E-state index in [4.69, 9.17) is 37.7 Å². The van der Waals surface area contributed by atoms with Crippen LogP contribution in [0.1, 0.15) is 28.1 Å². The van der Waals surface area contributed by atoms with Crippen LogP contribution in [0.3, 0.4) is 0 Å². The van der Waals surface area contributed by atoms with Crippen LogP contribution in [0.25, 0.3) is 0 Å². The van der Waals surface area contributed by atoms with Crippen molar-refractivity contribution in [2.24, 2.45) is 4.99 Å². The van der Waals surface area contributed by atoms with E-state index in [0.717, 1.165) is 5.56 Å². The van der Waals surface area contributed by atoms with Gasteiger partial charge in [-0.25, -0.2) is 14.8 Å². The molecule has 4 rings (SSSR count). The molecule has 7 nitrogen and oxygen atoms in total. The Bertz CT molecular complexity index is 1220. The molecule has 0 saturated carbocycles. The molecule has 2 aromatic carbocycles. The van der Waals surface area contributed by atoms with Crippen molar-refractivity contribution in [2.45, 2.75) is 26.4 Å². The Morgan fingerprint density at radius 1 is 1.26 bits per heavy atom. The molecule has 10 heteroatoms. The highest BCUT2D eigenvalue weighted by Crippen LogP contribution is 2.35. The molecule has 1 aliphatic heterocycles. The summed E-state index contributed by atoms with van der Waals surface area (Å²) in [5.41, 5.74) is 8.12. The summed E-state index contributed by atoms with van der Waals surface area (Å²) in [7, 11) is 0. The van der Waals surface area contributed by atoms with Crippen LogP contribution in [0, 0.1) is 31.0 Å². The van der Waals surface area contributed by atoms with Crippen LogP contribution in [0.5, 0.6) is 11.5 Å². The van der Waals surface area contributed by atoms with Gasteiger partial charge in [0.1, 0.15) is 23.5 Å². The number of aryl methyl sites for hydroxylation is 2. The lowest BCUT2D eigenvalue weighted by Gasteiger charge is -2.14. The number of halogens is 3. The molecule has 1 atom stereocenters. The third-order valence-electron chi connectivity index (χ3n) is 4.67. The monoisotopic (exact) mass is 459 g/mol. The quantitative estimate of drug-likeness (QED) is 0.567. The molecule has 1 aliphatic rings. The smallest absolute Gasteiger partial charge is 0.181 e. The Morgan fingerprint density at radius 3 is 2.77 bits per heavy atom. The fourth-order valence-corrected chi connectivity index (χ4v) is 3.66. The molecule has 158 valence electrons. The van der Waals surface area contributed by atoms with Crippen LogP contribution in [-0.2, 0) is 6.42 Å². The lowest BCUT2D eigenvalue weighted by Crippen LogP contribution is -2.36. The molecule has 0 radical (unpaired) electrons. The third kappa shape index (κ3) is 4.35. The van der Waals surface area contributed by atoms with E-state index in [1.54, 1.807) is 19.1 Å². The fourth-order valence-electron chi connectivity index (χ4n) is 3.25. The summed E-state index contributed by atoms with van der Waals surface area (Å²) in [4.78, 5) is 4.56. The van der Waals surface area contributed by atoms with Gasteiger partial charge < -0.3 is 14.7 Å². The van der Waals surface area contributed by atoms with E-state index in [2.05, 4.69) is 21.0 Å². The summed E-state index contributed by atoms with van der Waals surface area (Å²) >= 11 is 12.2. The van der Waals surface area contributed by atoms with Gasteiger partial charge in [-0.15, -0.1) is 0 Å². The van der Waals surface area contributed by atoms with Gasteiger partial charge in [-0.3, -0.25) is 0 Å². The first-order valence-electron chi connectivity index (χ1n) is 9.23. The largest absolute Gasteiger partial charge is 0.453 e. The van der Waals surface area contributed by atoms with Crippen LogP contribution in [0.2, 0.25) is 10.0 Å². The second-order valence-corrected chi connectivity index (χ2v) is 7.75. The third-order valence-corrected chi connectivity index (χ3v) is 5.19. The van der Waals surface area contributed by atoms with E-state index in [0.29, 0.717) is 27.9 Å². The first-order chi connectivity index (χ1) is 14.9. The zero-order valence-electron chi connectivity index (χ0n) is 16.5. The van der Waals surface area contributed by atoms with E-state index in [-0.39, 0.29) is 28.5 Å². The molecule has 2 heterocycles. The molecule has 0 fully saturated rings. The molecule has 2 N–H and O–H groups in total. The number of ether oxygens (including phenoxy) is 1. The van der Waals surface area contributed by atoms with E-state index >= 15 is 4.39 Å². The van der Waals surface area contributed by atoms with Crippen molar-refractivity contribution >= 4 is 29.0 Å². The number of nitrogens with one attached hydrogen (secondary N) is 2. The predicted molar refractivity (Wildman–Crippen MR) is 114 cm³/mol. The van der Waals surface area contributed by atoms with Crippen molar-refractivity contribution in [2.75, 3.05) is 0 Å². The van der Waals surface area contributed by atoms with Crippen molar-refractivity contribution in [1.29, 1.82) is 5.26 Å². The number of nitriles is 1. The molecule has 0 amide bonds. The van der Waals surface area contributed by atoms with Crippen molar-refractivity contribution in [3.63, 3.8) is 0 Å². The average molecular weight is 460 g/mol. The van der Waals surface area contributed by atoms with E-state index in [1.807, 2.05) is 13.0 Å². The SMILES string of the molecule is Cc1noc(C)c1C1=NC(Cc2ccc(Cl)c(Oc3cc(Cl)cc(C#N)c3)c2F)NN1. The summed E-state index contributed by atoms with van der Waals surface area (Å²) < 4.78 is 26.0. The number of aromatic nitrogens is 1. The number of hydrogen-bond donors (Lipinski definition) is 2. The van der Waals surface area contributed by atoms with Crippen LogP contribution < -0.4 is 15.6 Å². The topological polar surface area (TPSA) is 95.5 Å². The van der Waals surface area contributed by atoms with Gasteiger partial charge in [-0.2, -0.15) is 5.26 Å². The minimum atomic E-state index is -0.617. The molecule has 31 heavy (non-hydrogen) atoms. The van der Waals surface area contributed by atoms with Gasteiger partial charge in [0.2, 0.25) is 0 Å². The summed E-state index contributed by atoms with van der Waals surface area (Å²) in [6.45, 7) is 3.61. The Labute approximate surface area is 187 Å². The van der Waals surface area contributed by atoms with Gasteiger partial charge in [0, 0.05) is 11.4 Å². The number of rotatable bonds is 5. The van der Waals surface area contributed by atoms with E-state index < -0.39 is 12.0 Å². The first-order valence-corrected chi connectivity index (χ1v) is 9.99. The number of benzene rings is 2. The van der Waals surface area contributed by atoms with Crippen LogP contribution in [-0.4, -0.2) is 17.2 Å². The number of hydrazine groups is 1. The summed E-state index contributed by atoms with van der Waals surface area (Å²) in [6.07, 6.45) is -0.193. The molecular weight excluding hydrogens is 444 g/mol. The highest BCUT2D eigenvalue weighted by molar-refractivity contribution is 6.32. The maximum atomic E-state index is 15.2. The summed E-state index contributed by atoms with van der Waals surface area (Å²) in [5.74, 6) is 0.661. The normalized spacial score (nSPS) is 15.4. The Morgan fingerprint density at radius 2 is 2.06 bits per heavy atom. The summed E-state index contributed by atoms with van der Waals surface area (Å²) in [6, 6.07) is 9.52. The van der Waals surface area contributed by atoms with Gasteiger partial charge >= 0.3 is 0 Å². The number of hydrogen-bond acceptors (Lipinski definition) is 7. The van der Waals surface area contributed by atoms with Gasteiger partial charge in [0.25, 0.3) is 0 Å². The molecular formula is C21H16Cl2FN5O2. The maximum Gasteiger partial charge on any atom is 0.181 e. The molecule has 0 aliphatic carbocycles. The van der Waals surface area contributed by atoms with Crippen LogP contribution in [0.15, 0.2) is 39.8 Å². The van der Waals surface area contributed by atoms with Crippen molar-refractivity contribution in [1.82, 2.24) is 16.0 Å². The molecule has 0 bridgehead atoms. The second kappa shape index (κ2) is 8.55. The van der Waals surface area contributed by atoms with Crippen LogP contribution >= 0.6 is 23.2 Å². The summed E-state index contributed by atoms with van der Waals surface area (Å²) in [5, 5.41) is 13.4. The molecule has 3 aromatic rings. The Kier molecular flexibility index (Phi) is 5.83. The standard InChI is InChI=1S/C21H16Cl2FN5O2/c1-10-18(11(2)31-29-10)21-26-17(27-28-21)7-13-3-4-16(23)20(19(13)24)30-15-6-12(9-25)5-14(22)8-15/h3-6,8,17,27H,7H2,1-2H3,(H,26,28). The molecule has 1 aromatic heterocycles. The highest BCUT2D eigenvalue weighted by atomic mass is 35.5. The van der Waals surface area contributed by atoms with Crippen molar-refractivity contribution < 1.29 is 13.7 Å². The van der Waals surface area contributed by atoms with Gasteiger partial charge in [0.15, 0.2) is 11.6 Å². The first kappa shape index (κ1) is 21.1. The van der Waals surface area contributed by atoms with Crippen molar-refractivity contribution in [3.8, 4) is 17.6 Å². The van der Waals surface area contributed by atoms with Gasteiger partial charge in [-0.1, -0.05) is 34.4 Å². The molecule has 0 saturated heterocycles. The van der Waals surface area contributed by atoms with Crippen molar-refractivity contribution in [3.05, 3.63) is 74.3 Å². The van der Waals surface area contributed by atoms with E-state index in [1.165, 1.54) is 18.2 Å². The highest BCUT2D eigenvalue weighted by Gasteiger charge is 2.25. The molecule has 0 spiro atoms. The number of nitrogens with zero attached hydrogens (tertiary/aromatic N) is 3. The van der Waals surface area contributed by atoms with Gasteiger partial charge in [0.05, 0.1) is 27.9 Å². The Balaban J connectivity index is 1.59. The van der Waals surface area contributed by atoms with Gasteiger partial charge in [-0.05, 0) is 43.7 Å². The van der Waals surface area contributed by atoms with E-state index in [9.17, 15) is 0 Å². The second-order valence-electron chi connectivity index (χ2n) is 6.91. The number of amidine groups is 1. The zero-order chi connectivity index (χ0) is 22.1. The average Bonchev–Trinajstić information content (AvgIpc) is 3.32.